The van der Waals surface area contributed by atoms with E-state index < -0.39 is 0 Å². The van der Waals surface area contributed by atoms with E-state index in [2.05, 4.69) is 5.32 Å². The Labute approximate surface area is 198 Å². The molecule has 176 valence electrons. The first kappa shape index (κ1) is 22.1. The quantitative estimate of drug-likeness (QED) is 0.575. The molecule has 0 saturated carbocycles. The van der Waals surface area contributed by atoms with Crippen molar-refractivity contribution in [2.75, 3.05) is 18.7 Å². The number of carbonyl (C=O) groups is 2. The standard InChI is InChI=1S/C27H28N2O5/c1-27(2,3)14-25(30)28-20-6-4-5-17(11-20)23-13-19-15-29(10-9-21(19)34-23)26(31)18-7-8-22-24(12-18)33-16-32-22/h4-8,11-13H,9-10,14-16H2,1-3H3,(H,28,30). The minimum atomic E-state index is -0.0777. The van der Waals surface area contributed by atoms with E-state index in [4.69, 9.17) is 13.9 Å². The Balaban J connectivity index is 1.30. The maximum absolute atomic E-state index is 13.1. The molecule has 0 aliphatic carbocycles. The van der Waals surface area contributed by atoms with Gasteiger partial charge < -0.3 is 24.1 Å². The van der Waals surface area contributed by atoms with E-state index in [1.165, 1.54) is 0 Å². The van der Waals surface area contributed by atoms with Gasteiger partial charge in [0, 0.05) is 48.3 Å². The minimum absolute atomic E-state index is 0.0129. The van der Waals surface area contributed by atoms with E-state index in [1.807, 2.05) is 56.0 Å². The number of carbonyl (C=O) groups excluding carboxylic acids is 2. The number of nitrogens with one attached hydrogen (secondary N) is 1. The zero-order valence-corrected chi connectivity index (χ0v) is 19.6. The van der Waals surface area contributed by atoms with Crippen LogP contribution < -0.4 is 14.8 Å². The lowest BCUT2D eigenvalue weighted by Gasteiger charge is -2.26. The number of ether oxygens (including phenoxy) is 2. The fraction of sp³-hybridized carbons (Fsp3) is 0.333. The van der Waals surface area contributed by atoms with Crippen molar-refractivity contribution in [2.24, 2.45) is 5.41 Å². The van der Waals surface area contributed by atoms with Crippen LogP contribution >= 0.6 is 0 Å². The first-order chi connectivity index (χ1) is 16.2. The van der Waals surface area contributed by atoms with Crippen molar-refractivity contribution in [3.8, 4) is 22.8 Å². The fourth-order valence-electron chi connectivity index (χ4n) is 4.30. The molecule has 5 rings (SSSR count). The first-order valence-corrected chi connectivity index (χ1v) is 11.5. The highest BCUT2D eigenvalue weighted by Gasteiger charge is 2.26. The average Bonchev–Trinajstić information content (AvgIpc) is 3.43. The van der Waals surface area contributed by atoms with Crippen LogP contribution in [0.5, 0.6) is 11.5 Å². The predicted octanol–water partition coefficient (Wildman–Crippen LogP) is 5.25. The summed E-state index contributed by atoms with van der Waals surface area (Å²) in [6, 6.07) is 14.9. The molecule has 0 unspecified atom stereocenters. The van der Waals surface area contributed by atoms with Gasteiger partial charge in [-0.2, -0.15) is 0 Å². The van der Waals surface area contributed by atoms with E-state index in [9.17, 15) is 9.59 Å². The van der Waals surface area contributed by atoms with Gasteiger partial charge in [-0.15, -0.1) is 0 Å². The summed E-state index contributed by atoms with van der Waals surface area (Å²) >= 11 is 0. The molecule has 1 N–H and O–H groups in total. The second-order valence-electron chi connectivity index (χ2n) is 9.97. The Hall–Kier alpha value is -3.74. The molecule has 2 aliphatic rings. The summed E-state index contributed by atoms with van der Waals surface area (Å²) in [5.74, 6) is 2.83. The van der Waals surface area contributed by atoms with Gasteiger partial charge in [-0.3, -0.25) is 9.59 Å². The van der Waals surface area contributed by atoms with Crippen molar-refractivity contribution in [1.29, 1.82) is 0 Å². The van der Waals surface area contributed by atoms with Crippen molar-refractivity contribution < 1.29 is 23.5 Å². The summed E-state index contributed by atoms with van der Waals surface area (Å²) in [6.07, 6.45) is 1.09. The van der Waals surface area contributed by atoms with Crippen LogP contribution in [0, 0.1) is 5.41 Å². The molecule has 34 heavy (non-hydrogen) atoms. The number of rotatable bonds is 4. The van der Waals surface area contributed by atoms with Gasteiger partial charge in [0.2, 0.25) is 12.7 Å². The van der Waals surface area contributed by atoms with E-state index in [1.54, 1.807) is 18.2 Å². The highest BCUT2D eigenvalue weighted by atomic mass is 16.7. The van der Waals surface area contributed by atoms with Gasteiger partial charge in [0.15, 0.2) is 11.5 Å². The Morgan fingerprint density at radius 1 is 1.03 bits per heavy atom. The summed E-state index contributed by atoms with van der Waals surface area (Å²) < 4.78 is 16.9. The van der Waals surface area contributed by atoms with Gasteiger partial charge >= 0.3 is 0 Å². The second-order valence-corrected chi connectivity index (χ2v) is 9.97. The topological polar surface area (TPSA) is 81.0 Å². The Morgan fingerprint density at radius 2 is 1.85 bits per heavy atom. The third-order valence-corrected chi connectivity index (χ3v) is 5.90. The number of hydrogen-bond donors (Lipinski definition) is 1. The lowest BCUT2D eigenvalue weighted by atomic mass is 9.92. The summed E-state index contributed by atoms with van der Waals surface area (Å²) in [7, 11) is 0. The molecule has 0 bridgehead atoms. The van der Waals surface area contributed by atoms with Gasteiger partial charge in [-0.05, 0) is 41.8 Å². The van der Waals surface area contributed by atoms with Crippen LogP contribution in [-0.4, -0.2) is 30.1 Å². The monoisotopic (exact) mass is 460 g/mol. The number of amides is 2. The molecule has 2 aromatic carbocycles. The number of anilines is 1. The summed E-state index contributed by atoms with van der Waals surface area (Å²) in [6.45, 7) is 7.36. The smallest absolute Gasteiger partial charge is 0.254 e. The van der Waals surface area contributed by atoms with Gasteiger partial charge in [0.05, 0.1) is 0 Å². The molecule has 0 radical (unpaired) electrons. The maximum Gasteiger partial charge on any atom is 0.254 e. The third-order valence-electron chi connectivity index (χ3n) is 5.90. The molecule has 2 aliphatic heterocycles. The number of furan rings is 1. The largest absolute Gasteiger partial charge is 0.461 e. The zero-order chi connectivity index (χ0) is 23.9. The lowest BCUT2D eigenvalue weighted by molar-refractivity contribution is -0.117. The van der Waals surface area contributed by atoms with Crippen molar-refractivity contribution in [3.05, 3.63) is 65.4 Å². The van der Waals surface area contributed by atoms with Crippen molar-refractivity contribution in [3.63, 3.8) is 0 Å². The van der Waals surface area contributed by atoms with Gasteiger partial charge in [0.25, 0.3) is 5.91 Å². The van der Waals surface area contributed by atoms with Gasteiger partial charge in [0.1, 0.15) is 11.5 Å². The minimum Gasteiger partial charge on any atom is -0.461 e. The maximum atomic E-state index is 13.1. The second kappa shape index (κ2) is 8.56. The van der Waals surface area contributed by atoms with Crippen LogP contribution in [-0.2, 0) is 17.8 Å². The van der Waals surface area contributed by atoms with Gasteiger partial charge in [-0.1, -0.05) is 32.9 Å². The molecule has 7 nitrogen and oxygen atoms in total. The van der Waals surface area contributed by atoms with Crippen molar-refractivity contribution in [2.45, 2.75) is 40.2 Å². The highest BCUT2D eigenvalue weighted by molar-refractivity contribution is 5.95. The molecule has 3 aromatic rings. The molecule has 0 fully saturated rings. The van der Waals surface area contributed by atoms with Crippen molar-refractivity contribution in [1.82, 2.24) is 4.90 Å². The van der Waals surface area contributed by atoms with Crippen LogP contribution in [0.2, 0.25) is 0 Å². The van der Waals surface area contributed by atoms with Crippen LogP contribution in [0.4, 0.5) is 5.69 Å². The number of fused-ring (bicyclic) bond motifs is 2. The Bertz CT molecular complexity index is 1250. The molecule has 0 spiro atoms. The normalized spacial score (nSPS) is 14.6. The lowest BCUT2D eigenvalue weighted by Crippen LogP contribution is -2.35. The molecule has 1 aromatic heterocycles. The molecule has 0 saturated heterocycles. The summed E-state index contributed by atoms with van der Waals surface area (Å²) in [5.41, 5.74) is 3.12. The van der Waals surface area contributed by atoms with Crippen LogP contribution in [0.3, 0.4) is 0 Å². The van der Waals surface area contributed by atoms with E-state index in [0.29, 0.717) is 43.0 Å². The van der Waals surface area contributed by atoms with Gasteiger partial charge in [-0.25, -0.2) is 0 Å². The SMILES string of the molecule is CC(C)(C)CC(=O)Nc1cccc(-c2cc3c(o2)CCN(C(=O)c2ccc4c(c2)OCO4)C3)c1. The average molecular weight is 461 g/mol. The molecule has 0 atom stereocenters. The van der Waals surface area contributed by atoms with E-state index in [0.717, 1.165) is 28.3 Å². The highest BCUT2D eigenvalue weighted by Crippen LogP contribution is 2.34. The number of hydrogen-bond acceptors (Lipinski definition) is 5. The molecule has 7 heteroatoms. The van der Waals surface area contributed by atoms with Crippen LogP contribution in [0.25, 0.3) is 11.3 Å². The van der Waals surface area contributed by atoms with Crippen LogP contribution in [0.1, 0.15) is 48.9 Å². The third kappa shape index (κ3) is 4.64. The Morgan fingerprint density at radius 3 is 2.68 bits per heavy atom. The molecular weight excluding hydrogens is 432 g/mol. The van der Waals surface area contributed by atoms with E-state index >= 15 is 0 Å². The van der Waals surface area contributed by atoms with Crippen LogP contribution in [0.15, 0.2) is 52.9 Å². The Kier molecular flexibility index (Phi) is 5.55. The predicted molar refractivity (Wildman–Crippen MR) is 128 cm³/mol. The fourth-order valence-corrected chi connectivity index (χ4v) is 4.30. The molecule has 3 heterocycles. The number of benzene rings is 2. The van der Waals surface area contributed by atoms with Crippen molar-refractivity contribution >= 4 is 17.5 Å². The van der Waals surface area contributed by atoms with E-state index in [-0.39, 0.29) is 24.0 Å². The number of nitrogens with zero attached hydrogens (tertiary/aromatic N) is 1. The zero-order valence-electron chi connectivity index (χ0n) is 19.6. The summed E-state index contributed by atoms with van der Waals surface area (Å²) in [5, 5.41) is 2.98. The first-order valence-electron chi connectivity index (χ1n) is 11.5. The molecular formula is C27H28N2O5. The molecule has 2 amide bonds. The summed E-state index contributed by atoms with van der Waals surface area (Å²) in [4.78, 5) is 27.2.